The number of hydrogen-bond acceptors (Lipinski definition) is 4. The van der Waals surface area contributed by atoms with E-state index < -0.39 is 0 Å². The second-order valence-corrected chi connectivity index (χ2v) is 3.64. The van der Waals surface area contributed by atoms with E-state index in [4.69, 9.17) is 0 Å². The van der Waals surface area contributed by atoms with E-state index in [1.165, 1.54) is 0 Å². The molecule has 0 aromatic carbocycles. The van der Waals surface area contributed by atoms with E-state index in [0.717, 1.165) is 4.88 Å². The minimum Gasteiger partial charge on any atom is -0.253 e. The lowest BCUT2D eigenvalue weighted by molar-refractivity contribution is 1.37. The molecule has 0 bridgehead atoms. The SMILES string of the molecule is SC(S)c1cncs1. The van der Waals surface area contributed by atoms with Crippen LogP contribution in [0.3, 0.4) is 0 Å². The van der Waals surface area contributed by atoms with Gasteiger partial charge in [0.2, 0.25) is 0 Å². The fourth-order valence-electron chi connectivity index (χ4n) is 0.353. The van der Waals surface area contributed by atoms with Gasteiger partial charge in [0.1, 0.15) is 0 Å². The quantitative estimate of drug-likeness (QED) is 0.477. The van der Waals surface area contributed by atoms with E-state index in [1.807, 2.05) is 0 Å². The highest BCUT2D eigenvalue weighted by molar-refractivity contribution is 7.98. The summed E-state index contributed by atoms with van der Waals surface area (Å²) in [6.07, 6.45) is 1.77. The summed E-state index contributed by atoms with van der Waals surface area (Å²) in [5.41, 5.74) is 1.77. The molecule has 0 atom stereocenters. The van der Waals surface area contributed by atoms with Gasteiger partial charge in [0.05, 0.1) is 10.1 Å². The van der Waals surface area contributed by atoms with Gasteiger partial charge in [0.25, 0.3) is 0 Å². The first-order valence-corrected chi connectivity index (χ1v) is 3.96. The molecule has 0 aliphatic carbocycles. The lowest BCUT2D eigenvalue weighted by Gasteiger charge is -1.92. The average Bonchev–Trinajstić information content (AvgIpc) is 2.12. The maximum Gasteiger partial charge on any atom is 0.0800 e. The van der Waals surface area contributed by atoms with E-state index in [2.05, 4.69) is 30.2 Å². The Balaban J connectivity index is 2.77. The van der Waals surface area contributed by atoms with Crippen LogP contribution in [0.2, 0.25) is 0 Å². The molecule has 0 saturated heterocycles. The van der Waals surface area contributed by atoms with Gasteiger partial charge in [0, 0.05) is 11.1 Å². The monoisotopic (exact) mass is 163 g/mol. The Labute approximate surface area is 63.0 Å². The van der Waals surface area contributed by atoms with Crippen molar-refractivity contribution in [1.29, 1.82) is 0 Å². The minimum absolute atomic E-state index is 0.0301. The van der Waals surface area contributed by atoms with Crippen LogP contribution < -0.4 is 0 Å². The van der Waals surface area contributed by atoms with Crippen LogP contribution in [0.1, 0.15) is 9.46 Å². The van der Waals surface area contributed by atoms with Crippen molar-refractivity contribution in [3.05, 3.63) is 16.6 Å². The van der Waals surface area contributed by atoms with Crippen LogP contribution in [-0.2, 0) is 0 Å². The molecule has 0 unspecified atom stereocenters. The van der Waals surface area contributed by atoms with Crippen LogP contribution in [0.4, 0.5) is 0 Å². The molecule has 1 rings (SSSR count). The Morgan fingerprint density at radius 2 is 2.38 bits per heavy atom. The van der Waals surface area contributed by atoms with Crippen molar-refractivity contribution < 1.29 is 0 Å². The first-order valence-electron chi connectivity index (χ1n) is 2.05. The maximum absolute atomic E-state index is 4.09. The van der Waals surface area contributed by atoms with Gasteiger partial charge in [-0.15, -0.1) is 11.3 Å². The molecule has 0 spiro atoms. The van der Waals surface area contributed by atoms with Gasteiger partial charge in [-0.1, -0.05) is 0 Å². The van der Waals surface area contributed by atoms with Crippen LogP contribution in [0.25, 0.3) is 0 Å². The number of rotatable bonds is 1. The third-order valence-corrected chi connectivity index (χ3v) is 2.45. The van der Waals surface area contributed by atoms with Gasteiger partial charge >= 0.3 is 0 Å². The molecular formula is C4H5NS3. The van der Waals surface area contributed by atoms with Gasteiger partial charge in [0.15, 0.2) is 0 Å². The molecule has 1 heterocycles. The first kappa shape index (κ1) is 6.45. The van der Waals surface area contributed by atoms with Crippen molar-refractivity contribution in [3.8, 4) is 0 Å². The second kappa shape index (κ2) is 2.75. The average molecular weight is 163 g/mol. The summed E-state index contributed by atoms with van der Waals surface area (Å²) < 4.78 is 0.0301. The fraction of sp³-hybridized carbons (Fsp3) is 0.250. The third kappa shape index (κ3) is 1.40. The largest absolute Gasteiger partial charge is 0.253 e. The van der Waals surface area contributed by atoms with Crippen LogP contribution in [-0.4, -0.2) is 4.98 Å². The van der Waals surface area contributed by atoms with Gasteiger partial charge in [-0.2, -0.15) is 25.3 Å². The van der Waals surface area contributed by atoms with Crippen LogP contribution >= 0.6 is 36.6 Å². The molecule has 0 fully saturated rings. The van der Waals surface area contributed by atoms with E-state index in [9.17, 15) is 0 Å². The lowest BCUT2D eigenvalue weighted by atomic mass is 10.6. The summed E-state index contributed by atoms with van der Waals surface area (Å²) in [7, 11) is 0. The molecule has 1 aromatic rings. The van der Waals surface area contributed by atoms with E-state index in [1.54, 1.807) is 23.0 Å². The fourth-order valence-corrected chi connectivity index (χ4v) is 1.34. The molecule has 4 heteroatoms. The van der Waals surface area contributed by atoms with E-state index >= 15 is 0 Å². The summed E-state index contributed by atoms with van der Waals surface area (Å²) in [5.74, 6) is 0. The molecule has 0 N–H and O–H groups in total. The molecule has 1 aromatic heterocycles. The van der Waals surface area contributed by atoms with Gasteiger partial charge < -0.3 is 0 Å². The Morgan fingerprint density at radius 1 is 1.62 bits per heavy atom. The van der Waals surface area contributed by atoms with E-state index in [-0.39, 0.29) is 4.58 Å². The number of nitrogens with zero attached hydrogens (tertiary/aromatic N) is 1. The van der Waals surface area contributed by atoms with Gasteiger partial charge in [-0.3, -0.25) is 4.98 Å². The van der Waals surface area contributed by atoms with Crippen LogP contribution in [0.15, 0.2) is 11.7 Å². The maximum atomic E-state index is 4.09. The molecule has 1 nitrogen and oxygen atoms in total. The van der Waals surface area contributed by atoms with Crippen LogP contribution in [0, 0.1) is 0 Å². The van der Waals surface area contributed by atoms with Crippen molar-refractivity contribution in [1.82, 2.24) is 4.98 Å². The molecule has 0 amide bonds. The Bertz CT molecular complexity index is 146. The summed E-state index contributed by atoms with van der Waals surface area (Å²) in [5, 5.41) is 0. The molecule has 0 radical (unpaired) electrons. The molecule has 44 valence electrons. The third-order valence-electron chi connectivity index (χ3n) is 0.706. The predicted molar refractivity (Wildman–Crippen MR) is 42.8 cm³/mol. The van der Waals surface area contributed by atoms with Crippen molar-refractivity contribution in [3.63, 3.8) is 0 Å². The molecular weight excluding hydrogens is 158 g/mol. The highest BCUT2D eigenvalue weighted by Crippen LogP contribution is 2.25. The van der Waals surface area contributed by atoms with Crippen molar-refractivity contribution in [2.45, 2.75) is 4.58 Å². The highest BCUT2D eigenvalue weighted by Gasteiger charge is 1.98. The molecule has 8 heavy (non-hydrogen) atoms. The summed E-state index contributed by atoms with van der Waals surface area (Å²) in [6.45, 7) is 0. The minimum atomic E-state index is 0.0301. The first-order chi connectivity index (χ1) is 3.80. The number of hydrogen-bond donors (Lipinski definition) is 2. The number of aromatic nitrogens is 1. The molecule has 0 aliphatic heterocycles. The zero-order valence-electron chi connectivity index (χ0n) is 3.98. The normalized spacial score (nSPS) is 10.4. The zero-order valence-corrected chi connectivity index (χ0v) is 6.59. The smallest absolute Gasteiger partial charge is 0.0800 e. The van der Waals surface area contributed by atoms with E-state index in [0.29, 0.717) is 0 Å². The summed E-state index contributed by atoms with van der Waals surface area (Å²) in [6, 6.07) is 0. The van der Waals surface area contributed by atoms with Gasteiger partial charge in [-0.25, -0.2) is 0 Å². The predicted octanol–water partition coefficient (Wildman–Crippen LogP) is 2.00. The van der Waals surface area contributed by atoms with Crippen molar-refractivity contribution >= 4 is 36.6 Å². The van der Waals surface area contributed by atoms with Gasteiger partial charge in [-0.05, 0) is 0 Å². The van der Waals surface area contributed by atoms with Crippen molar-refractivity contribution in [2.75, 3.05) is 0 Å². The second-order valence-electron chi connectivity index (χ2n) is 1.28. The number of thiazole rings is 1. The standard InChI is InChI=1S/C4H5NS3/c6-4(7)3-1-5-2-8-3/h1-2,4,6-7H. The highest BCUT2D eigenvalue weighted by atomic mass is 32.2. The molecule has 0 saturated carbocycles. The Hall–Kier alpha value is 0.330. The van der Waals surface area contributed by atoms with Crippen molar-refractivity contribution in [2.24, 2.45) is 0 Å². The van der Waals surface area contributed by atoms with Crippen LogP contribution in [0.5, 0.6) is 0 Å². The summed E-state index contributed by atoms with van der Waals surface area (Å²) >= 11 is 9.74. The Kier molecular flexibility index (Phi) is 2.22. The lowest BCUT2D eigenvalue weighted by Crippen LogP contribution is -1.69. The zero-order chi connectivity index (χ0) is 5.98. The Morgan fingerprint density at radius 3 is 2.62 bits per heavy atom. The summed E-state index contributed by atoms with van der Waals surface area (Å²) in [4.78, 5) is 4.96. The molecule has 0 aliphatic rings. The topological polar surface area (TPSA) is 12.9 Å². The number of thiol groups is 2.